The molecule has 1 N–H and O–H groups in total. The van der Waals surface area contributed by atoms with Crippen molar-refractivity contribution in [2.24, 2.45) is 0 Å². The largest absolute Gasteiger partial charge is 0.508 e. The minimum Gasteiger partial charge on any atom is -0.508 e. The molecule has 4 nitrogen and oxygen atoms in total. The van der Waals surface area contributed by atoms with E-state index >= 15 is 0 Å². The van der Waals surface area contributed by atoms with Crippen LogP contribution in [0.4, 0.5) is 0 Å². The maximum absolute atomic E-state index is 11.6. The van der Waals surface area contributed by atoms with Crippen LogP contribution in [0.25, 0.3) is 0 Å². The smallest absolute Gasteiger partial charge is 0.347 e. The summed E-state index contributed by atoms with van der Waals surface area (Å²) in [4.78, 5) is 11.6. The van der Waals surface area contributed by atoms with Crippen molar-refractivity contribution in [3.63, 3.8) is 0 Å². The van der Waals surface area contributed by atoms with Crippen LogP contribution in [0.3, 0.4) is 0 Å². The number of aromatic hydroxyl groups is 1. The molecule has 0 radical (unpaired) electrons. The maximum Gasteiger partial charge on any atom is 0.347 e. The van der Waals surface area contributed by atoms with Gasteiger partial charge in [0.05, 0.1) is 7.11 Å². The zero-order valence-corrected chi connectivity index (χ0v) is 11.1. The highest BCUT2D eigenvalue weighted by molar-refractivity contribution is 5.74. The highest BCUT2D eigenvalue weighted by atomic mass is 16.6. The van der Waals surface area contributed by atoms with Gasteiger partial charge in [-0.1, -0.05) is 19.4 Å². The molecule has 1 unspecified atom stereocenters. The van der Waals surface area contributed by atoms with E-state index in [4.69, 9.17) is 9.47 Å². The number of hydrogen-bond acceptors (Lipinski definition) is 4. The topological polar surface area (TPSA) is 55.8 Å². The van der Waals surface area contributed by atoms with Gasteiger partial charge in [-0.3, -0.25) is 0 Å². The lowest BCUT2D eigenvalue weighted by Gasteiger charge is -2.17. The van der Waals surface area contributed by atoms with Crippen molar-refractivity contribution in [1.82, 2.24) is 0 Å². The van der Waals surface area contributed by atoms with Gasteiger partial charge in [-0.15, -0.1) is 0 Å². The molecule has 0 heterocycles. The number of ether oxygens (including phenoxy) is 2. The van der Waals surface area contributed by atoms with Gasteiger partial charge < -0.3 is 14.6 Å². The number of rotatable bonds is 6. The lowest BCUT2D eigenvalue weighted by molar-refractivity contribution is -0.149. The number of benzene rings is 1. The number of phenolic OH excluding ortho intramolecular Hbond substituents is 1. The second kappa shape index (κ2) is 6.89. The Kier molecular flexibility index (Phi) is 5.49. The molecule has 100 valence electrons. The minimum absolute atomic E-state index is 0.159. The molecule has 0 bridgehead atoms. The Morgan fingerprint density at radius 3 is 2.72 bits per heavy atom. The number of carbonyl (C=O) groups excluding carboxylic acids is 1. The minimum atomic E-state index is -0.614. The average molecular weight is 252 g/mol. The number of phenols is 1. The van der Waals surface area contributed by atoms with E-state index in [1.54, 1.807) is 19.1 Å². The molecule has 18 heavy (non-hydrogen) atoms. The first kappa shape index (κ1) is 14.4. The van der Waals surface area contributed by atoms with Gasteiger partial charge in [0.15, 0.2) is 6.10 Å². The van der Waals surface area contributed by atoms with E-state index in [9.17, 15) is 9.90 Å². The zero-order chi connectivity index (χ0) is 13.5. The van der Waals surface area contributed by atoms with Gasteiger partial charge in [0, 0.05) is 6.07 Å². The summed E-state index contributed by atoms with van der Waals surface area (Å²) in [7, 11) is 1.34. The third kappa shape index (κ3) is 3.95. The summed E-state index contributed by atoms with van der Waals surface area (Å²) >= 11 is 0. The fourth-order valence-corrected chi connectivity index (χ4v) is 1.57. The van der Waals surface area contributed by atoms with Crippen LogP contribution in [-0.4, -0.2) is 24.3 Å². The third-order valence-electron chi connectivity index (χ3n) is 2.74. The van der Waals surface area contributed by atoms with Gasteiger partial charge >= 0.3 is 5.97 Å². The summed E-state index contributed by atoms with van der Waals surface area (Å²) in [5.41, 5.74) is 0.769. The lowest BCUT2D eigenvalue weighted by atomic mass is 10.1. The van der Waals surface area contributed by atoms with Crippen LogP contribution in [0.5, 0.6) is 11.5 Å². The van der Waals surface area contributed by atoms with Crippen LogP contribution in [0, 0.1) is 6.92 Å². The molecular formula is C14H20O4. The molecule has 0 aliphatic rings. The van der Waals surface area contributed by atoms with E-state index in [1.807, 2.05) is 6.92 Å². The second-order valence-corrected chi connectivity index (χ2v) is 4.22. The maximum atomic E-state index is 11.6. The van der Waals surface area contributed by atoms with Gasteiger partial charge in [-0.25, -0.2) is 4.79 Å². The molecular weight excluding hydrogens is 232 g/mol. The van der Waals surface area contributed by atoms with Crippen molar-refractivity contribution in [2.75, 3.05) is 7.11 Å². The molecule has 1 rings (SSSR count). The Balaban J connectivity index is 2.75. The van der Waals surface area contributed by atoms with E-state index in [2.05, 4.69) is 0 Å². The molecule has 0 aliphatic carbocycles. The van der Waals surface area contributed by atoms with Crippen molar-refractivity contribution in [3.05, 3.63) is 23.8 Å². The van der Waals surface area contributed by atoms with Crippen molar-refractivity contribution >= 4 is 5.97 Å². The monoisotopic (exact) mass is 252 g/mol. The number of aryl methyl sites for hydroxylation is 1. The highest BCUT2D eigenvalue weighted by Crippen LogP contribution is 2.24. The third-order valence-corrected chi connectivity index (χ3v) is 2.74. The van der Waals surface area contributed by atoms with Crippen molar-refractivity contribution in [1.29, 1.82) is 0 Å². The fraction of sp³-hybridized carbons (Fsp3) is 0.500. The van der Waals surface area contributed by atoms with Crippen LogP contribution in [0.1, 0.15) is 31.7 Å². The Morgan fingerprint density at radius 2 is 2.17 bits per heavy atom. The molecule has 0 spiro atoms. The lowest BCUT2D eigenvalue weighted by Crippen LogP contribution is -2.28. The fourth-order valence-electron chi connectivity index (χ4n) is 1.57. The molecule has 1 aromatic rings. The average Bonchev–Trinajstić information content (AvgIpc) is 2.37. The normalized spacial score (nSPS) is 11.9. The summed E-state index contributed by atoms with van der Waals surface area (Å²) in [6.45, 7) is 3.85. The molecule has 1 aromatic carbocycles. The molecule has 0 amide bonds. The number of carbonyl (C=O) groups is 1. The molecule has 0 fully saturated rings. The zero-order valence-electron chi connectivity index (χ0n) is 11.1. The second-order valence-electron chi connectivity index (χ2n) is 4.22. The summed E-state index contributed by atoms with van der Waals surface area (Å²) in [6.07, 6.45) is 1.86. The van der Waals surface area contributed by atoms with Crippen LogP contribution in [-0.2, 0) is 9.53 Å². The van der Waals surface area contributed by atoms with Crippen molar-refractivity contribution in [3.8, 4) is 11.5 Å². The Morgan fingerprint density at radius 1 is 1.44 bits per heavy atom. The summed E-state index contributed by atoms with van der Waals surface area (Å²) in [5.74, 6) is 0.250. The molecule has 0 aromatic heterocycles. The number of esters is 1. The number of unbranched alkanes of at least 4 members (excludes halogenated alkanes) is 1. The first-order valence-corrected chi connectivity index (χ1v) is 6.12. The van der Waals surface area contributed by atoms with E-state index in [0.717, 1.165) is 18.4 Å². The van der Waals surface area contributed by atoms with Crippen molar-refractivity contribution < 1.29 is 19.4 Å². The molecule has 0 saturated carbocycles. The van der Waals surface area contributed by atoms with Gasteiger partial charge in [0.25, 0.3) is 0 Å². The summed E-state index contributed by atoms with van der Waals surface area (Å²) in [6, 6.07) is 4.99. The van der Waals surface area contributed by atoms with E-state index in [0.29, 0.717) is 12.2 Å². The number of hydrogen-bond donors (Lipinski definition) is 1. The van der Waals surface area contributed by atoms with Gasteiger partial charge in [-0.05, 0) is 31.4 Å². The molecule has 0 saturated heterocycles. The van der Waals surface area contributed by atoms with Gasteiger partial charge in [-0.2, -0.15) is 0 Å². The standard InChI is InChI=1S/C14H20O4/c1-4-5-6-13(14(16)17-3)18-11-8-7-10(2)12(15)9-11/h7-9,13,15H,4-6H2,1-3H3. The van der Waals surface area contributed by atoms with Crippen molar-refractivity contribution in [2.45, 2.75) is 39.2 Å². The molecule has 4 heteroatoms. The first-order valence-electron chi connectivity index (χ1n) is 6.12. The summed E-state index contributed by atoms with van der Waals surface area (Å²) in [5, 5.41) is 9.59. The predicted octanol–water partition coefficient (Wildman–Crippen LogP) is 2.81. The van der Waals surface area contributed by atoms with Crippen LogP contribution >= 0.6 is 0 Å². The Labute approximate surface area is 108 Å². The van der Waals surface area contributed by atoms with Gasteiger partial charge in [0.2, 0.25) is 0 Å². The van der Waals surface area contributed by atoms with E-state index < -0.39 is 6.10 Å². The van der Waals surface area contributed by atoms with Gasteiger partial charge in [0.1, 0.15) is 11.5 Å². The van der Waals surface area contributed by atoms with Crippen LogP contribution in [0.15, 0.2) is 18.2 Å². The van der Waals surface area contributed by atoms with E-state index in [-0.39, 0.29) is 11.7 Å². The SMILES string of the molecule is CCCCC(Oc1ccc(C)c(O)c1)C(=O)OC. The van der Waals surface area contributed by atoms with Crippen LogP contribution in [0.2, 0.25) is 0 Å². The van der Waals surface area contributed by atoms with E-state index in [1.165, 1.54) is 13.2 Å². The van der Waals surface area contributed by atoms with Crippen LogP contribution < -0.4 is 4.74 Å². The number of methoxy groups -OCH3 is 1. The Bertz CT molecular complexity index is 401. The Hall–Kier alpha value is -1.71. The quantitative estimate of drug-likeness (QED) is 0.791. The first-order chi connectivity index (χ1) is 8.58. The highest BCUT2D eigenvalue weighted by Gasteiger charge is 2.20. The summed E-state index contributed by atoms with van der Waals surface area (Å²) < 4.78 is 10.3. The predicted molar refractivity (Wildman–Crippen MR) is 68.8 cm³/mol. The molecule has 0 aliphatic heterocycles. The molecule has 1 atom stereocenters.